The Hall–Kier alpha value is -3.15. The lowest BCUT2D eigenvalue weighted by Crippen LogP contribution is -2.23. The zero-order chi connectivity index (χ0) is 19.3. The maximum atomic E-state index is 12.4. The van der Waals surface area contributed by atoms with E-state index in [9.17, 15) is 4.79 Å². The normalized spacial score (nSPS) is 13.7. The van der Waals surface area contributed by atoms with Crippen molar-refractivity contribution in [3.8, 4) is 5.69 Å². The molecule has 0 bridgehead atoms. The molecule has 2 aromatic carbocycles. The Morgan fingerprint density at radius 1 is 0.964 bits per heavy atom. The average Bonchev–Trinajstić information content (AvgIpc) is 3.45. The van der Waals surface area contributed by atoms with Crippen molar-refractivity contribution in [2.75, 3.05) is 18.0 Å². The van der Waals surface area contributed by atoms with Crippen LogP contribution in [0, 0.1) is 0 Å². The fourth-order valence-electron chi connectivity index (χ4n) is 3.45. The first-order valence-electron chi connectivity index (χ1n) is 9.86. The van der Waals surface area contributed by atoms with E-state index >= 15 is 0 Å². The first-order valence-corrected chi connectivity index (χ1v) is 9.86. The van der Waals surface area contributed by atoms with Crippen LogP contribution in [0.25, 0.3) is 5.69 Å². The molecule has 28 heavy (non-hydrogen) atoms. The van der Waals surface area contributed by atoms with E-state index in [4.69, 9.17) is 0 Å². The number of nitrogens with zero attached hydrogens (tertiary/aromatic N) is 4. The molecule has 6 heteroatoms. The highest BCUT2D eigenvalue weighted by molar-refractivity contribution is 5.91. The topological polar surface area (TPSA) is 63.1 Å². The summed E-state index contributed by atoms with van der Waals surface area (Å²) in [6, 6.07) is 16.5. The lowest BCUT2D eigenvalue weighted by atomic mass is 10.1. The number of hydrogen-bond donors (Lipinski definition) is 1. The Morgan fingerprint density at radius 2 is 1.61 bits per heavy atom. The number of amides is 1. The number of benzene rings is 2. The lowest BCUT2D eigenvalue weighted by molar-refractivity contribution is 0.0946. The van der Waals surface area contributed by atoms with Gasteiger partial charge in [0.15, 0.2) is 5.69 Å². The third kappa shape index (κ3) is 4.06. The summed E-state index contributed by atoms with van der Waals surface area (Å²) >= 11 is 0. The Kier molecular flexibility index (Phi) is 5.37. The van der Waals surface area contributed by atoms with Crippen molar-refractivity contribution in [1.29, 1.82) is 0 Å². The van der Waals surface area contributed by atoms with Crippen LogP contribution < -0.4 is 10.2 Å². The molecule has 0 unspecified atom stereocenters. The summed E-state index contributed by atoms with van der Waals surface area (Å²) in [6.07, 6.45) is 5.18. The number of carbonyl (C=O) groups excluding carboxylic acids is 1. The maximum Gasteiger partial charge on any atom is 0.273 e. The van der Waals surface area contributed by atoms with E-state index in [0.29, 0.717) is 12.2 Å². The van der Waals surface area contributed by atoms with Crippen LogP contribution in [0.2, 0.25) is 0 Å². The van der Waals surface area contributed by atoms with E-state index in [-0.39, 0.29) is 5.91 Å². The van der Waals surface area contributed by atoms with Crippen molar-refractivity contribution in [1.82, 2.24) is 20.3 Å². The summed E-state index contributed by atoms with van der Waals surface area (Å²) in [5, 5.41) is 11.0. The van der Waals surface area contributed by atoms with Gasteiger partial charge in [0.2, 0.25) is 0 Å². The molecule has 2 heterocycles. The lowest BCUT2D eigenvalue weighted by Gasteiger charge is -2.17. The number of nitrogens with one attached hydrogen (secondary N) is 1. The van der Waals surface area contributed by atoms with Gasteiger partial charge in [0.05, 0.1) is 11.9 Å². The third-order valence-electron chi connectivity index (χ3n) is 5.20. The molecule has 3 aromatic rings. The van der Waals surface area contributed by atoms with Gasteiger partial charge in [0.1, 0.15) is 0 Å². The van der Waals surface area contributed by atoms with E-state index < -0.39 is 0 Å². The van der Waals surface area contributed by atoms with Gasteiger partial charge in [-0.05, 0) is 54.7 Å². The Bertz CT molecular complexity index is 924. The summed E-state index contributed by atoms with van der Waals surface area (Å²) in [5.74, 6) is -0.222. The van der Waals surface area contributed by atoms with E-state index in [1.54, 1.807) is 10.9 Å². The molecule has 1 N–H and O–H groups in total. The van der Waals surface area contributed by atoms with E-state index in [0.717, 1.165) is 30.8 Å². The van der Waals surface area contributed by atoms with Gasteiger partial charge in [0, 0.05) is 25.3 Å². The van der Waals surface area contributed by atoms with Crippen molar-refractivity contribution in [2.24, 2.45) is 0 Å². The zero-order valence-electron chi connectivity index (χ0n) is 16.1. The molecule has 0 aliphatic carbocycles. The van der Waals surface area contributed by atoms with Crippen molar-refractivity contribution < 1.29 is 4.79 Å². The monoisotopic (exact) mass is 375 g/mol. The molecule has 0 spiro atoms. The summed E-state index contributed by atoms with van der Waals surface area (Å²) in [6.45, 7) is 4.85. The third-order valence-corrected chi connectivity index (χ3v) is 5.20. The predicted octanol–water partition coefficient (Wildman–Crippen LogP) is 3.36. The number of carbonyl (C=O) groups is 1. The van der Waals surface area contributed by atoms with Crippen LogP contribution in [-0.4, -0.2) is 34.0 Å². The molecular weight excluding hydrogens is 350 g/mol. The number of anilines is 1. The fraction of sp³-hybridized carbons (Fsp3) is 0.318. The van der Waals surface area contributed by atoms with Crippen LogP contribution >= 0.6 is 0 Å². The minimum atomic E-state index is -0.222. The minimum absolute atomic E-state index is 0.222. The van der Waals surface area contributed by atoms with Gasteiger partial charge in [-0.1, -0.05) is 36.4 Å². The second-order valence-electron chi connectivity index (χ2n) is 7.11. The van der Waals surface area contributed by atoms with Crippen LogP contribution in [0.3, 0.4) is 0 Å². The molecule has 1 amide bonds. The van der Waals surface area contributed by atoms with Crippen LogP contribution in [0.15, 0.2) is 54.7 Å². The van der Waals surface area contributed by atoms with E-state index in [1.165, 1.54) is 24.1 Å². The van der Waals surface area contributed by atoms with E-state index in [2.05, 4.69) is 63.9 Å². The number of aryl methyl sites for hydroxylation is 1. The molecular formula is C22H25N5O. The van der Waals surface area contributed by atoms with Crippen LogP contribution in [0.4, 0.5) is 5.69 Å². The molecule has 1 fully saturated rings. The standard InChI is InChI=1S/C22H25N5O/c1-2-17-5-11-20(12-6-17)27-16-21(24-25-27)22(28)23-15-18-7-9-19(10-8-18)26-13-3-4-14-26/h5-12,16H,2-4,13-15H2,1H3,(H,23,28). The molecule has 1 aliphatic rings. The van der Waals surface area contributed by atoms with Crippen LogP contribution in [0.1, 0.15) is 41.4 Å². The van der Waals surface area contributed by atoms with Crippen molar-refractivity contribution in [3.63, 3.8) is 0 Å². The SMILES string of the molecule is CCc1ccc(-n2cc(C(=O)NCc3ccc(N4CCCC4)cc3)nn2)cc1. The van der Waals surface area contributed by atoms with Gasteiger partial charge < -0.3 is 10.2 Å². The number of hydrogen-bond acceptors (Lipinski definition) is 4. The Labute approximate surface area is 165 Å². The summed E-state index contributed by atoms with van der Waals surface area (Å²) < 4.78 is 1.62. The molecule has 1 saturated heterocycles. The second kappa shape index (κ2) is 8.25. The van der Waals surface area contributed by atoms with E-state index in [1.807, 2.05) is 12.1 Å². The van der Waals surface area contributed by atoms with Gasteiger partial charge >= 0.3 is 0 Å². The molecule has 144 valence electrons. The predicted molar refractivity (Wildman–Crippen MR) is 110 cm³/mol. The average molecular weight is 375 g/mol. The Balaban J connectivity index is 1.35. The minimum Gasteiger partial charge on any atom is -0.372 e. The zero-order valence-corrected chi connectivity index (χ0v) is 16.1. The van der Waals surface area contributed by atoms with Crippen LogP contribution in [0.5, 0.6) is 0 Å². The molecule has 1 aromatic heterocycles. The molecule has 0 saturated carbocycles. The summed E-state index contributed by atoms with van der Waals surface area (Å²) in [5.41, 5.74) is 4.79. The van der Waals surface area contributed by atoms with Gasteiger partial charge in [-0.2, -0.15) is 0 Å². The van der Waals surface area contributed by atoms with Crippen LogP contribution in [-0.2, 0) is 13.0 Å². The largest absolute Gasteiger partial charge is 0.372 e. The maximum absolute atomic E-state index is 12.4. The second-order valence-corrected chi connectivity index (χ2v) is 7.11. The number of rotatable bonds is 6. The quantitative estimate of drug-likeness (QED) is 0.718. The molecule has 0 radical (unpaired) electrons. The smallest absolute Gasteiger partial charge is 0.273 e. The van der Waals surface area contributed by atoms with Gasteiger partial charge in [-0.25, -0.2) is 4.68 Å². The van der Waals surface area contributed by atoms with Crippen molar-refractivity contribution in [3.05, 3.63) is 71.5 Å². The first-order chi connectivity index (χ1) is 13.7. The number of aromatic nitrogens is 3. The van der Waals surface area contributed by atoms with Gasteiger partial charge in [-0.3, -0.25) is 4.79 Å². The summed E-state index contributed by atoms with van der Waals surface area (Å²) in [7, 11) is 0. The molecule has 0 atom stereocenters. The molecule has 1 aliphatic heterocycles. The summed E-state index contributed by atoms with van der Waals surface area (Å²) in [4.78, 5) is 14.8. The van der Waals surface area contributed by atoms with Gasteiger partial charge in [-0.15, -0.1) is 5.10 Å². The Morgan fingerprint density at radius 3 is 2.29 bits per heavy atom. The first kappa shape index (κ1) is 18.2. The molecule has 6 nitrogen and oxygen atoms in total. The van der Waals surface area contributed by atoms with Crippen molar-refractivity contribution >= 4 is 11.6 Å². The van der Waals surface area contributed by atoms with Crippen molar-refractivity contribution in [2.45, 2.75) is 32.7 Å². The fourth-order valence-corrected chi connectivity index (χ4v) is 3.45. The highest BCUT2D eigenvalue weighted by Gasteiger charge is 2.13. The molecule has 4 rings (SSSR count). The van der Waals surface area contributed by atoms with Gasteiger partial charge in [0.25, 0.3) is 5.91 Å². The highest BCUT2D eigenvalue weighted by atomic mass is 16.2. The highest BCUT2D eigenvalue weighted by Crippen LogP contribution is 2.20.